The molecule has 9 heteroatoms. The average molecular weight is 531 g/mol. The maximum atomic E-state index is 13.9. The molecular weight excluding hydrogens is 503 g/mol. The number of rotatable bonds is 6. The van der Waals surface area contributed by atoms with Crippen LogP contribution in [-0.4, -0.2) is 40.1 Å². The highest BCUT2D eigenvalue weighted by molar-refractivity contribution is 8.15. The van der Waals surface area contributed by atoms with E-state index in [0.29, 0.717) is 22.8 Å². The summed E-state index contributed by atoms with van der Waals surface area (Å²) in [5.41, 5.74) is 4.88. The van der Waals surface area contributed by atoms with Crippen molar-refractivity contribution in [2.75, 3.05) is 12.4 Å². The average Bonchev–Trinajstić information content (AvgIpc) is 3.51. The molecule has 5 rings (SSSR count). The quantitative estimate of drug-likeness (QED) is 0.447. The predicted octanol–water partition coefficient (Wildman–Crippen LogP) is 5.63. The van der Waals surface area contributed by atoms with Gasteiger partial charge in [-0.3, -0.25) is 9.59 Å². The first-order valence-corrected chi connectivity index (χ1v) is 13.1. The van der Waals surface area contributed by atoms with Crippen molar-refractivity contribution < 1.29 is 18.7 Å². The van der Waals surface area contributed by atoms with Crippen LogP contribution in [0.1, 0.15) is 41.1 Å². The molecule has 3 aromatic carbocycles. The van der Waals surface area contributed by atoms with Crippen LogP contribution < -0.4 is 10.1 Å². The summed E-state index contributed by atoms with van der Waals surface area (Å²) in [6, 6.07) is 20.3. The molecule has 0 spiro atoms. The Bertz CT molecular complexity index is 1440. The number of hydrazone groups is 1. The fraction of sp³-hybridized carbons (Fsp3) is 0.241. The normalized spacial score (nSPS) is 18.8. The van der Waals surface area contributed by atoms with E-state index in [-0.39, 0.29) is 24.3 Å². The van der Waals surface area contributed by atoms with Crippen LogP contribution in [0.2, 0.25) is 0 Å². The molecule has 194 valence electrons. The number of halogens is 1. The second-order valence-corrected chi connectivity index (χ2v) is 10.5. The molecule has 2 atom stereocenters. The predicted molar refractivity (Wildman–Crippen MR) is 148 cm³/mol. The Balaban J connectivity index is 1.34. The van der Waals surface area contributed by atoms with Gasteiger partial charge < -0.3 is 10.1 Å². The summed E-state index contributed by atoms with van der Waals surface area (Å²) >= 11 is 1.23. The highest BCUT2D eigenvalue weighted by Gasteiger charge is 2.39. The molecule has 7 nitrogen and oxygen atoms in total. The maximum Gasteiger partial charge on any atom is 0.262 e. The van der Waals surface area contributed by atoms with Crippen molar-refractivity contribution in [1.29, 1.82) is 0 Å². The van der Waals surface area contributed by atoms with Gasteiger partial charge in [-0.1, -0.05) is 47.7 Å². The monoisotopic (exact) mass is 530 g/mol. The minimum Gasteiger partial charge on any atom is -0.497 e. The smallest absolute Gasteiger partial charge is 0.262 e. The number of aliphatic imine (C=N–C) groups is 1. The van der Waals surface area contributed by atoms with Crippen molar-refractivity contribution in [3.63, 3.8) is 0 Å². The summed E-state index contributed by atoms with van der Waals surface area (Å²) < 4.78 is 19.1. The number of nitrogens with one attached hydrogen (secondary N) is 1. The van der Waals surface area contributed by atoms with Crippen molar-refractivity contribution in [3.05, 3.63) is 94.8 Å². The van der Waals surface area contributed by atoms with Gasteiger partial charge in [0, 0.05) is 18.5 Å². The van der Waals surface area contributed by atoms with Crippen molar-refractivity contribution in [1.82, 2.24) is 5.01 Å². The third kappa shape index (κ3) is 5.47. The number of amides is 2. The Morgan fingerprint density at radius 1 is 1.11 bits per heavy atom. The van der Waals surface area contributed by atoms with E-state index >= 15 is 0 Å². The number of hydrogen-bond acceptors (Lipinski definition) is 6. The van der Waals surface area contributed by atoms with Crippen LogP contribution in [0.5, 0.6) is 5.75 Å². The molecule has 0 unspecified atom stereocenters. The Hall–Kier alpha value is -3.98. The molecule has 0 aromatic heterocycles. The number of aryl methyl sites for hydroxylation is 2. The van der Waals surface area contributed by atoms with Crippen molar-refractivity contribution in [3.8, 4) is 5.75 Å². The van der Waals surface area contributed by atoms with Crippen molar-refractivity contribution in [2.24, 2.45) is 10.1 Å². The summed E-state index contributed by atoms with van der Waals surface area (Å²) in [6.07, 6.45) is 0.553. The lowest BCUT2D eigenvalue weighted by molar-refractivity contribution is -0.121. The third-order valence-corrected chi connectivity index (χ3v) is 7.69. The van der Waals surface area contributed by atoms with Crippen LogP contribution in [0.25, 0.3) is 0 Å². The SMILES string of the molecule is COc1ccc(C2=NN(C3=NC(=O)[C@@H](CC(=O)Nc4ccc(C)c(F)c4)S3)[C@@H](c3ccc(C)cc3)C2)cc1. The summed E-state index contributed by atoms with van der Waals surface area (Å²) in [5.74, 6) is -0.406. The molecule has 2 heterocycles. The van der Waals surface area contributed by atoms with Crippen LogP contribution in [0, 0.1) is 19.7 Å². The molecule has 0 saturated carbocycles. The summed E-state index contributed by atoms with van der Waals surface area (Å²) in [5, 5.41) is 9.12. The van der Waals surface area contributed by atoms with Gasteiger partial charge in [0.15, 0.2) is 5.17 Å². The Morgan fingerprint density at radius 2 is 1.84 bits per heavy atom. The lowest BCUT2D eigenvalue weighted by atomic mass is 9.98. The second-order valence-electron chi connectivity index (χ2n) is 9.31. The van der Waals surface area contributed by atoms with E-state index in [9.17, 15) is 14.0 Å². The molecule has 0 bridgehead atoms. The number of ether oxygens (including phenoxy) is 1. The molecular formula is C29H27FN4O3S. The minimum absolute atomic E-state index is 0.0793. The number of nitrogens with zero attached hydrogens (tertiary/aromatic N) is 3. The van der Waals surface area contributed by atoms with Crippen LogP contribution in [0.15, 0.2) is 76.8 Å². The zero-order valence-electron chi connectivity index (χ0n) is 21.3. The van der Waals surface area contributed by atoms with Gasteiger partial charge in [0.25, 0.3) is 5.91 Å². The minimum atomic E-state index is -0.681. The summed E-state index contributed by atoms with van der Waals surface area (Å²) in [6.45, 7) is 3.68. The highest BCUT2D eigenvalue weighted by Crippen LogP contribution is 2.39. The van der Waals surface area contributed by atoms with E-state index in [1.165, 1.54) is 17.8 Å². The highest BCUT2D eigenvalue weighted by atomic mass is 32.2. The zero-order chi connectivity index (χ0) is 26.8. The van der Waals surface area contributed by atoms with Gasteiger partial charge in [0.1, 0.15) is 16.8 Å². The standard InChI is InChI=1S/C29H27FN4O3S/c1-17-4-7-20(8-5-17)25-15-24(19-9-12-22(37-3)13-10-19)33-34(25)29-32-28(36)26(38-29)16-27(35)31-21-11-6-18(2)23(30)14-21/h4-14,25-26H,15-16H2,1-3H3,(H,31,35)/t25-,26-/m1/s1. The molecule has 0 saturated heterocycles. The fourth-order valence-electron chi connectivity index (χ4n) is 4.35. The van der Waals surface area contributed by atoms with E-state index in [4.69, 9.17) is 9.84 Å². The summed E-state index contributed by atoms with van der Waals surface area (Å²) in [4.78, 5) is 29.7. The number of carbonyl (C=O) groups excluding carboxylic acids is 2. The van der Waals surface area contributed by atoms with E-state index in [1.54, 1.807) is 31.2 Å². The third-order valence-electron chi connectivity index (χ3n) is 6.55. The molecule has 0 radical (unpaired) electrons. The van der Waals surface area contributed by atoms with Crippen LogP contribution in [0.3, 0.4) is 0 Å². The van der Waals surface area contributed by atoms with Crippen LogP contribution in [0.4, 0.5) is 10.1 Å². The largest absolute Gasteiger partial charge is 0.497 e. The first-order chi connectivity index (χ1) is 18.3. The van der Waals surface area contributed by atoms with Gasteiger partial charge in [-0.15, -0.1) is 0 Å². The molecule has 38 heavy (non-hydrogen) atoms. The zero-order valence-corrected chi connectivity index (χ0v) is 22.1. The van der Waals surface area contributed by atoms with Gasteiger partial charge in [-0.2, -0.15) is 10.1 Å². The fourth-order valence-corrected chi connectivity index (χ4v) is 5.41. The molecule has 2 amide bonds. The molecule has 0 aliphatic carbocycles. The maximum absolute atomic E-state index is 13.9. The van der Waals surface area contributed by atoms with E-state index in [2.05, 4.69) is 34.6 Å². The first kappa shape index (κ1) is 25.7. The van der Waals surface area contributed by atoms with Gasteiger partial charge in [-0.05, 0) is 66.9 Å². The van der Waals surface area contributed by atoms with Gasteiger partial charge in [0.2, 0.25) is 5.91 Å². The molecule has 2 aliphatic heterocycles. The number of benzene rings is 3. The number of methoxy groups -OCH3 is 1. The van der Waals surface area contributed by atoms with Crippen molar-refractivity contribution in [2.45, 2.75) is 38.0 Å². The Kier molecular flexibility index (Phi) is 7.28. The van der Waals surface area contributed by atoms with Gasteiger partial charge in [0.05, 0.1) is 18.9 Å². The van der Waals surface area contributed by atoms with Gasteiger partial charge >= 0.3 is 0 Å². The molecule has 1 N–H and O–H groups in total. The number of amidine groups is 1. The van der Waals surface area contributed by atoms with E-state index in [0.717, 1.165) is 28.2 Å². The Labute approximate surface area is 224 Å². The lowest BCUT2D eigenvalue weighted by Gasteiger charge is -2.23. The molecule has 0 fully saturated rings. The summed E-state index contributed by atoms with van der Waals surface area (Å²) in [7, 11) is 1.62. The van der Waals surface area contributed by atoms with E-state index in [1.807, 2.05) is 31.2 Å². The Morgan fingerprint density at radius 3 is 2.53 bits per heavy atom. The number of anilines is 1. The lowest BCUT2D eigenvalue weighted by Crippen LogP contribution is -2.25. The topological polar surface area (TPSA) is 83.4 Å². The molecule has 3 aromatic rings. The molecule has 2 aliphatic rings. The van der Waals surface area contributed by atoms with Gasteiger partial charge in [-0.25, -0.2) is 9.40 Å². The van der Waals surface area contributed by atoms with Crippen molar-refractivity contribution >= 4 is 40.1 Å². The van der Waals surface area contributed by atoms with Crippen LogP contribution in [-0.2, 0) is 9.59 Å². The van der Waals surface area contributed by atoms with Crippen LogP contribution >= 0.6 is 11.8 Å². The van der Waals surface area contributed by atoms with E-state index < -0.39 is 11.1 Å². The number of thioether (sulfide) groups is 1. The first-order valence-electron chi connectivity index (χ1n) is 12.2. The number of carbonyl (C=O) groups is 2. The number of hydrogen-bond donors (Lipinski definition) is 1. The second kappa shape index (κ2) is 10.8.